The lowest BCUT2D eigenvalue weighted by Crippen LogP contribution is -2.52. The molecule has 2 N–H and O–H groups in total. The number of esters is 1. The van der Waals surface area contributed by atoms with Gasteiger partial charge in [0.2, 0.25) is 0 Å². The minimum Gasteiger partial charge on any atom is -0.454 e. The summed E-state index contributed by atoms with van der Waals surface area (Å²) in [6.07, 6.45) is 2.52. The molecule has 11 nitrogen and oxygen atoms in total. The van der Waals surface area contributed by atoms with Crippen molar-refractivity contribution in [2.75, 3.05) is 6.61 Å². The molecule has 6 amide bonds. The van der Waals surface area contributed by atoms with Gasteiger partial charge in [0.05, 0.1) is 11.1 Å². The predicted molar refractivity (Wildman–Crippen MR) is 120 cm³/mol. The molecule has 1 atom stereocenters. The summed E-state index contributed by atoms with van der Waals surface area (Å²) >= 11 is 0. The number of imide groups is 2. The smallest absolute Gasteiger partial charge is 0.344 e. The zero-order chi connectivity index (χ0) is 25.5. The van der Waals surface area contributed by atoms with E-state index in [2.05, 4.69) is 17.7 Å². The molecule has 186 valence electrons. The number of hydrogen-bond acceptors (Lipinski definition) is 7. The predicted octanol–water partition coefficient (Wildman–Crippen LogP) is 1.38. The van der Waals surface area contributed by atoms with Crippen LogP contribution in [0.1, 0.15) is 67.2 Å². The Morgan fingerprint density at radius 3 is 2.20 bits per heavy atom. The number of benzene rings is 1. The van der Waals surface area contributed by atoms with E-state index in [-0.39, 0.29) is 11.1 Å². The molecule has 0 radical (unpaired) electrons. The van der Waals surface area contributed by atoms with E-state index in [0.717, 1.165) is 17.7 Å². The van der Waals surface area contributed by atoms with Gasteiger partial charge in [0.15, 0.2) is 6.61 Å². The number of nitrogens with zero attached hydrogens (tertiary/aromatic N) is 2. The molecule has 2 heterocycles. The van der Waals surface area contributed by atoms with Crippen molar-refractivity contribution in [1.29, 1.82) is 0 Å². The maximum absolute atomic E-state index is 12.9. The van der Waals surface area contributed by atoms with Crippen LogP contribution in [0, 0.1) is 11.8 Å². The Morgan fingerprint density at radius 1 is 1.09 bits per heavy atom. The molecule has 0 aromatic heterocycles. The molecule has 1 aromatic rings. The fourth-order valence-corrected chi connectivity index (χ4v) is 4.83. The van der Waals surface area contributed by atoms with E-state index in [1.807, 2.05) is 0 Å². The van der Waals surface area contributed by atoms with E-state index in [1.165, 1.54) is 12.1 Å². The third-order valence-electron chi connectivity index (χ3n) is 6.85. The Kier molecular flexibility index (Phi) is 6.35. The molecule has 2 aliphatic heterocycles. The minimum absolute atomic E-state index is 0.193. The molecule has 0 bridgehead atoms. The van der Waals surface area contributed by atoms with E-state index in [1.54, 1.807) is 26.0 Å². The van der Waals surface area contributed by atoms with Crippen LogP contribution < -0.4 is 10.7 Å². The van der Waals surface area contributed by atoms with Crippen LogP contribution in [0.4, 0.5) is 4.79 Å². The number of carbonyl (C=O) groups is 6. The largest absolute Gasteiger partial charge is 0.454 e. The van der Waals surface area contributed by atoms with Crippen molar-refractivity contribution < 1.29 is 33.5 Å². The first-order chi connectivity index (χ1) is 16.6. The average Bonchev–Trinajstić information content (AvgIpc) is 3.20. The molecule has 1 saturated heterocycles. The Bertz CT molecular complexity index is 1070. The number of rotatable bonds is 6. The second kappa shape index (κ2) is 9.12. The first-order valence-electron chi connectivity index (χ1n) is 11.7. The molecule has 3 aliphatic rings. The Labute approximate surface area is 202 Å². The van der Waals surface area contributed by atoms with Crippen molar-refractivity contribution in [2.45, 2.75) is 58.0 Å². The van der Waals surface area contributed by atoms with Gasteiger partial charge in [-0.15, -0.1) is 0 Å². The van der Waals surface area contributed by atoms with Crippen LogP contribution in [-0.2, 0) is 19.1 Å². The standard InChI is InChI=1S/C24H28N4O7/c1-13(2)18(27-19(30)15-6-4-5-7-16(15)20(27)31)21(32)35-12-17(29)26-28-22(33)24(25-23(28)34)10-8-14(3)9-11-24/h4-7,13-14,18H,8-12H2,1-3H3,(H,25,34)(H,26,29). The van der Waals surface area contributed by atoms with E-state index in [0.29, 0.717) is 23.8 Å². The van der Waals surface area contributed by atoms with E-state index >= 15 is 0 Å². The molecular weight excluding hydrogens is 456 g/mol. The maximum atomic E-state index is 12.9. The molecule has 1 aromatic carbocycles. The molecule has 35 heavy (non-hydrogen) atoms. The van der Waals surface area contributed by atoms with Crippen LogP contribution in [-0.4, -0.2) is 63.7 Å². The van der Waals surface area contributed by atoms with E-state index in [4.69, 9.17) is 4.74 Å². The molecule has 2 fully saturated rings. The Hall–Kier alpha value is -3.76. The normalized spacial score (nSPS) is 24.6. The quantitative estimate of drug-likeness (QED) is 0.353. The summed E-state index contributed by atoms with van der Waals surface area (Å²) in [4.78, 5) is 76.9. The van der Waals surface area contributed by atoms with Gasteiger partial charge in [-0.1, -0.05) is 32.9 Å². The van der Waals surface area contributed by atoms with Gasteiger partial charge in [0.25, 0.3) is 23.6 Å². The number of carbonyl (C=O) groups excluding carboxylic acids is 6. The van der Waals surface area contributed by atoms with Crippen molar-refractivity contribution in [2.24, 2.45) is 11.8 Å². The minimum atomic E-state index is -1.25. The highest BCUT2D eigenvalue weighted by Gasteiger charge is 2.53. The van der Waals surface area contributed by atoms with Crippen LogP contribution in [0.15, 0.2) is 24.3 Å². The number of fused-ring (bicyclic) bond motifs is 1. The van der Waals surface area contributed by atoms with Crippen molar-refractivity contribution in [3.8, 4) is 0 Å². The summed E-state index contributed by atoms with van der Waals surface area (Å²) in [5, 5.41) is 3.30. The van der Waals surface area contributed by atoms with Crippen LogP contribution in [0.3, 0.4) is 0 Å². The first kappa shape index (κ1) is 24.4. The Balaban J connectivity index is 1.38. The summed E-state index contributed by atoms with van der Waals surface area (Å²) < 4.78 is 5.10. The van der Waals surface area contributed by atoms with Gasteiger partial charge in [-0.3, -0.25) is 29.5 Å². The topological polar surface area (TPSA) is 142 Å². The second-order valence-electron chi connectivity index (χ2n) is 9.69. The fourth-order valence-electron chi connectivity index (χ4n) is 4.83. The van der Waals surface area contributed by atoms with Gasteiger partial charge in [0, 0.05) is 0 Å². The average molecular weight is 485 g/mol. The highest BCUT2D eigenvalue weighted by Crippen LogP contribution is 2.35. The number of amides is 6. The van der Waals surface area contributed by atoms with Gasteiger partial charge >= 0.3 is 12.0 Å². The van der Waals surface area contributed by atoms with Gasteiger partial charge in [0.1, 0.15) is 11.6 Å². The van der Waals surface area contributed by atoms with Crippen molar-refractivity contribution in [3.05, 3.63) is 35.4 Å². The highest BCUT2D eigenvalue weighted by molar-refractivity contribution is 6.22. The molecule has 1 unspecified atom stereocenters. The van der Waals surface area contributed by atoms with Crippen LogP contribution in [0.2, 0.25) is 0 Å². The van der Waals surface area contributed by atoms with Crippen LogP contribution >= 0.6 is 0 Å². The molecule has 4 rings (SSSR count). The number of urea groups is 1. The fraction of sp³-hybridized carbons (Fsp3) is 0.500. The monoisotopic (exact) mass is 484 g/mol. The van der Waals surface area contributed by atoms with Gasteiger partial charge < -0.3 is 10.1 Å². The molecular formula is C24H28N4O7. The number of ether oxygens (including phenoxy) is 1. The van der Waals surface area contributed by atoms with E-state index in [9.17, 15) is 28.8 Å². The number of nitrogens with one attached hydrogen (secondary N) is 2. The Morgan fingerprint density at radius 2 is 1.66 bits per heavy atom. The lowest BCUT2D eigenvalue weighted by Gasteiger charge is -2.33. The zero-order valence-corrected chi connectivity index (χ0v) is 19.8. The van der Waals surface area contributed by atoms with Crippen LogP contribution in [0.25, 0.3) is 0 Å². The van der Waals surface area contributed by atoms with Crippen molar-refractivity contribution in [1.82, 2.24) is 20.7 Å². The van der Waals surface area contributed by atoms with Crippen LogP contribution in [0.5, 0.6) is 0 Å². The van der Waals surface area contributed by atoms with E-state index < -0.39 is 59.7 Å². The highest BCUT2D eigenvalue weighted by atomic mass is 16.5. The summed E-state index contributed by atoms with van der Waals surface area (Å²) in [5.74, 6) is -3.65. The molecule has 1 saturated carbocycles. The summed E-state index contributed by atoms with van der Waals surface area (Å²) in [6, 6.07) is 4.25. The van der Waals surface area contributed by atoms with Crippen molar-refractivity contribution >= 4 is 35.6 Å². The van der Waals surface area contributed by atoms with Gasteiger partial charge in [-0.05, 0) is 49.7 Å². The first-order valence-corrected chi connectivity index (χ1v) is 11.7. The number of hydrazine groups is 1. The maximum Gasteiger partial charge on any atom is 0.344 e. The lowest BCUT2D eigenvalue weighted by atomic mass is 9.77. The molecule has 11 heteroatoms. The second-order valence-corrected chi connectivity index (χ2v) is 9.69. The molecule has 1 spiro atoms. The van der Waals surface area contributed by atoms with Gasteiger partial charge in [-0.2, -0.15) is 5.01 Å². The summed E-state index contributed by atoms with van der Waals surface area (Å²) in [5.41, 5.74) is 1.55. The van der Waals surface area contributed by atoms with Gasteiger partial charge in [-0.25, -0.2) is 9.59 Å². The zero-order valence-electron chi connectivity index (χ0n) is 19.8. The third kappa shape index (κ3) is 4.26. The molecule has 1 aliphatic carbocycles. The van der Waals surface area contributed by atoms with Crippen molar-refractivity contribution in [3.63, 3.8) is 0 Å². The third-order valence-corrected chi connectivity index (χ3v) is 6.85. The SMILES string of the molecule is CC1CCC2(CC1)NC(=O)N(NC(=O)COC(=O)C(C(C)C)N1C(=O)c3ccccc3C1=O)C2=O. The number of hydrogen-bond donors (Lipinski definition) is 2. The summed E-state index contributed by atoms with van der Waals surface area (Å²) in [6.45, 7) is 4.57. The lowest BCUT2D eigenvalue weighted by molar-refractivity contribution is -0.155. The summed E-state index contributed by atoms with van der Waals surface area (Å²) in [7, 11) is 0.